The van der Waals surface area contributed by atoms with Crippen molar-refractivity contribution in [3.05, 3.63) is 42.2 Å². The number of benzene rings is 1. The molecule has 166 valence electrons. The highest BCUT2D eigenvalue weighted by Crippen LogP contribution is 2.23. The van der Waals surface area contributed by atoms with Gasteiger partial charge in [-0.25, -0.2) is 4.98 Å². The molecule has 2 N–H and O–H groups in total. The topological polar surface area (TPSA) is 67.2 Å². The predicted octanol–water partition coefficient (Wildman–Crippen LogP) is 3.96. The molecule has 1 aliphatic rings. The van der Waals surface area contributed by atoms with Crippen molar-refractivity contribution < 1.29 is 4.74 Å². The van der Waals surface area contributed by atoms with Crippen LogP contribution in [0.3, 0.4) is 0 Å². The summed E-state index contributed by atoms with van der Waals surface area (Å²) < 4.78 is 7.65. The Hall–Kier alpha value is -2.64. The minimum Gasteiger partial charge on any atom is -0.384 e. The second-order valence-corrected chi connectivity index (χ2v) is 8.12. The average molecular weight is 423 g/mol. The van der Waals surface area contributed by atoms with Crippen molar-refractivity contribution in [1.29, 1.82) is 0 Å². The summed E-state index contributed by atoms with van der Waals surface area (Å²) in [6.45, 7) is 8.10. The number of nitrogens with one attached hydrogen (secondary N) is 2. The van der Waals surface area contributed by atoms with E-state index in [1.807, 2.05) is 6.20 Å². The molecule has 0 atom stereocenters. The molecular formula is C24H34N6O. The Morgan fingerprint density at radius 1 is 1.13 bits per heavy atom. The van der Waals surface area contributed by atoms with E-state index in [0.717, 1.165) is 62.3 Å². The van der Waals surface area contributed by atoms with Crippen LogP contribution in [0.5, 0.6) is 0 Å². The Morgan fingerprint density at radius 2 is 1.94 bits per heavy atom. The minimum atomic E-state index is 0.635. The summed E-state index contributed by atoms with van der Waals surface area (Å²) in [5.41, 5.74) is 4.52. The Labute approximate surface area is 184 Å². The van der Waals surface area contributed by atoms with Gasteiger partial charge in [0, 0.05) is 74.9 Å². The first kappa shape index (κ1) is 21.6. The van der Waals surface area contributed by atoms with Gasteiger partial charge in [0.2, 0.25) is 5.95 Å². The maximum absolute atomic E-state index is 5.31. The molecule has 0 spiro atoms. The van der Waals surface area contributed by atoms with Gasteiger partial charge in [0.15, 0.2) is 0 Å². The molecule has 1 aromatic carbocycles. The molecule has 0 bridgehead atoms. The standard InChI is InChI=1S/C24H34N6O/c1-3-4-5-13-30-22(10-16-31-2)17-19-18-26-24(28-23(19)30)27-20-6-8-21(9-7-20)29-14-11-25-12-15-29/h6-9,17-18,25H,3-5,10-16H2,1-2H3,(H,26,27,28). The third-order valence-corrected chi connectivity index (χ3v) is 5.87. The van der Waals surface area contributed by atoms with Gasteiger partial charge in [-0.2, -0.15) is 4.98 Å². The molecule has 0 saturated carbocycles. The number of aryl methyl sites for hydroxylation is 1. The number of anilines is 3. The molecule has 1 aliphatic heterocycles. The van der Waals surface area contributed by atoms with Gasteiger partial charge in [-0.1, -0.05) is 19.8 Å². The smallest absolute Gasteiger partial charge is 0.229 e. The van der Waals surface area contributed by atoms with Crippen LogP contribution in [-0.4, -0.2) is 54.4 Å². The molecular weight excluding hydrogens is 388 g/mol. The summed E-state index contributed by atoms with van der Waals surface area (Å²) in [7, 11) is 1.75. The Bertz CT molecular complexity index is 962. The van der Waals surface area contributed by atoms with Crippen LogP contribution in [-0.2, 0) is 17.7 Å². The molecule has 4 rings (SSSR count). The lowest BCUT2D eigenvalue weighted by Crippen LogP contribution is -2.43. The molecule has 31 heavy (non-hydrogen) atoms. The molecule has 2 aromatic heterocycles. The third kappa shape index (κ3) is 5.35. The van der Waals surface area contributed by atoms with Crippen LogP contribution in [0.25, 0.3) is 11.0 Å². The van der Waals surface area contributed by atoms with Gasteiger partial charge in [0.1, 0.15) is 5.65 Å². The maximum atomic E-state index is 5.31. The van der Waals surface area contributed by atoms with Gasteiger partial charge in [-0.15, -0.1) is 0 Å². The molecule has 7 nitrogen and oxygen atoms in total. The van der Waals surface area contributed by atoms with Crippen LogP contribution in [0.1, 0.15) is 31.9 Å². The predicted molar refractivity (Wildman–Crippen MR) is 127 cm³/mol. The lowest BCUT2D eigenvalue weighted by atomic mass is 10.2. The SMILES string of the molecule is CCCCCn1c(CCOC)cc2cnc(Nc3ccc(N4CCNCC4)cc3)nc21. The molecule has 3 heterocycles. The molecule has 0 amide bonds. The summed E-state index contributed by atoms with van der Waals surface area (Å²) in [6.07, 6.45) is 6.39. The number of hydrogen-bond donors (Lipinski definition) is 2. The van der Waals surface area contributed by atoms with E-state index in [1.54, 1.807) is 7.11 Å². The number of hydrogen-bond acceptors (Lipinski definition) is 6. The van der Waals surface area contributed by atoms with Crippen LogP contribution in [0, 0.1) is 0 Å². The summed E-state index contributed by atoms with van der Waals surface area (Å²) in [5, 5.41) is 7.86. The van der Waals surface area contributed by atoms with Crippen molar-refractivity contribution in [1.82, 2.24) is 19.9 Å². The quantitative estimate of drug-likeness (QED) is 0.482. The first-order valence-corrected chi connectivity index (χ1v) is 11.5. The first-order valence-electron chi connectivity index (χ1n) is 11.5. The number of piperazine rings is 1. The lowest BCUT2D eigenvalue weighted by Gasteiger charge is -2.29. The molecule has 0 aliphatic carbocycles. The van der Waals surface area contributed by atoms with Gasteiger partial charge in [-0.05, 0) is 36.8 Å². The molecule has 3 aromatic rings. The number of fused-ring (bicyclic) bond motifs is 1. The van der Waals surface area contributed by atoms with E-state index in [1.165, 1.54) is 24.2 Å². The highest BCUT2D eigenvalue weighted by molar-refractivity contribution is 5.78. The van der Waals surface area contributed by atoms with Crippen molar-refractivity contribution in [3.63, 3.8) is 0 Å². The van der Waals surface area contributed by atoms with E-state index in [-0.39, 0.29) is 0 Å². The Morgan fingerprint density at radius 3 is 2.68 bits per heavy atom. The second-order valence-electron chi connectivity index (χ2n) is 8.12. The highest BCUT2D eigenvalue weighted by Gasteiger charge is 2.13. The minimum absolute atomic E-state index is 0.635. The fourth-order valence-electron chi connectivity index (χ4n) is 4.14. The number of methoxy groups -OCH3 is 1. The zero-order valence-corrected chi connectivity index (χ0v) is 18.7. The van der Waals surface area contributed by atoms with Crippen molar-refractivity contribution in [2.45, 2.75) is 39.2 Å². The maximum Gasteiger partial charge on any atom is 0.229 e. The van der Waals surface area contributed by atoms with Gasteiger partial charge in [-0.3, -0.25) is 0 Å². The normalized spacial score (nSPS) is 14.3. The van der Waals surface area contributed by atoms with Crippen LogP contribution in [0.2, 0.25) is 0 Å². The molecule has 1 fully saturated rings. The molecule has 1 saturated heterocycles. The fraction of sp³-hybridized carbons (Fsp3) is 0.500. The molecule has 7 heteroatoms. The van der Waals surface area contributed by atoms with E-state index in [0.29, 0.717) is 12.6 Å². The summed E-state index contributed by atoms with van der Waals surface area (Å²) >= 11 is 0. The largest absolute Gasteiger partial charge is 0.384 e. The summed E-state index contributed by atoms with van der Waals surface area (Å²) in [6, 6.07) is 10.8. The zero-order valence-electron chi connectivity index (χ0n) is 18.7. The summed E-state index contributed by atoms with van der Waals surface area (Å²) in [5.74, 6) is 0.635. The number of nitrogens with zero attached hydrogens (tertiary/aromatic N) is 4. The number of rotatable bonds is 10. The van der Waals surface area contributed by atoms with E-state index in [4.69, 9.17) is 9.72 Å². The Kier molecular flexibility index (Phi) is 7.38. The van der Waals surface area contributed by atoms with Crippen LogP contribution >= 0.6 is 0 Å². The lowest BCUT2D eigenvalue weighted by molar-refractivity contribution is 0.200. The second kappa shape index (κ2) is 10.6. The van der Waals surface area contributed by atoms with Crippen LogP contribution in [0.4, 0.5) is 17.3 Å². The molecule has 0 unspecified atom stereocenters. The molecule has 0 radical (unpaired) electrons. The van der Waals surface area contributed by atoms with Crippen molar-refractivity contribution in [2.75, 3.05) is 50.1 Å². The van der Waals surface area contributed by atoms with E-state index in [2.05, 4.69) is 62.3 Å². The summed E-state index contributed by atoms with van der Waals surface area (Å²) in [4.78, 5) is 11.8. The van der Waals surface area contributed by atoms with Crippen LogP contribution < -0.4 is 15.5 Å². The highest BCUT2D eigenvalue weighted by atomic mass is 16.5. The van der Waals surface area contributed by atoms with Crippen molar-refractivity contribution in [2.24, 2.45) is 0 Å². The fourth-order valence-corrected chi connectivity index (χ4v) is 4.14. The van der Waals surface area contributed by atoms with Crippen molar-refractivity contribution >= 4 is 28.4 Å². The third-order valence-electron chi connectivity index (χ3n) is 5.87. The van der Waals surface area contributed by atoms with Crippen LogP contribution in [0.15, 0.2) is 36.5 Å². The van der Waals surface area contributed by atoms with Gasteiger partial charge >= 0.3 is 0 Å². The van der Waals surface area contributed by atoms with E-state index in [9.17, 15) is 0 Å². The van der Waals surface area contributed by atoms with Gasteiger partial charge < -0.3 is 24.8 Å². The van der Waals surface area contributed by atoms with E-state index < -0.39 is 0 Å². The average Bonchev–Trinajstić information content (AvgIpc) is 3.16. The van der Waals surface area contributed by atoms with Gasteiger partial charge in [0.25, 0.3) is 0 Å². The number of ether oxygens (including phenoxy) is 1. The Balaban J connectivity index is 1.52. The number of unbranched alkanes of at least 4 members (excludes halogenated alkanes) is 2. The van der Waals surface area contributed by atoms with Gasteiger partial charge in [0.05, 0.1) is 6.61 Å². The zero-order chi connectivity index (χ0) is 21.5. The van der Waals surface area contributed by atoms with Crippen molar-refractivity contribution in [3.8, 4) is 0 Å². The number of aromatic nitrogens is 3. The first-order chi connectivity index (χ1) is 15.3. The van der Waals surface area contributed by atoms with E-state index >= 15 is 0 Å². The monoisotopic (exact) mass is 422 g/mol.